The molecule has 0 saturated heterocycles. The predicted molar refractivity (Wildman–Crippen MR) is 106 cm³/mol. The summed E-state index contributed by atoms with van der Waals surface area (Å²) in [5.74, 6) is 1.55. The van der Waals surface area contributed by atoms with Crippen LogP contribution in [0.25, 0.3) is 0 Å². The molecule has 0 aliphatic rings. The summed E-state index contributed by atoms with van der Waals surface area (Å²) in [7, 11) is 2.86. The van der Waals surface area contributed by atoms with Crippen molar-refractivity contribution in [3.8, 4) is 5.75 Å². The number of hydrogen-bond donors (Lipinski definition) is 2. The zero-order chi connectivity index (χ0) is 18.2. The van der Waals surface area contributed by atoms with Crippen LogP contribution in [-0.2, 0) is 6.42 Å². The Morgan fingerprint density at radius 1 is 1.24 bits per heavy atom. The van der Waals surface area contributed by atoms with Crippen LogP contribution in [-0.4, -0.2) is 25.5 Å². The molecule has 25 heavy (non-hydrogen) atoms. The van der Waals surface area contributed by atoms with Gasteiger partial charge in [0.05, 0.1) is 7.11 Å². The minimum atomic E-state index is 0.651. The number of methoxy groups -OCH3 is 1. The van der Waals surface area contributed by atoms with Gasteiger partial charge >= 0.3 is 0 Å². The number of ether oxygens (including phenoxy) is 1. The first-order valence-corrected chi connectivity index (χ1v) is 8.25. The third-order valence-electron chi connectivity index (χ3n) is 4.00. The number of nitrogens with one attached hydrogen (secondary N) is 1. The van der Waals surface area contributed by atoms with Crippen LogP contribution in [0.15, 0.2) is 54.2 Å². The predicted octanol–water partition coefficient (Wildman–Crippen LogP) is 3.89. The van der Waals surface area contributed by atoms with Crippen LogP contribution in [0.4, 0.5) is 5.69 Å². The van der Waals surface area contributed by atoms with Crippen molar-refractivity contribution in [1.29, 1.82) is 0 Å². The normalized spacial score (nSPS) is 11.1. The molecule has 0 spiro atoms. The Morgan fingerprint density at radius 3 is 2.56 bits per heavy atom. The molecule has 0 aliphatic carbocycles. The van der Waals surface area contributed by atoms with Crippen LogP contribution in [0, 0.1) is 13.8 Å². The van der Waals surface area contributed by atoms with Crippen LogP contribution in [0.3, 0.4) is 0 Å². The highest BCUT2D eigenvalue weighted by Crippen LogP contribution is 2.24. The van der Waals surface area contributed by atoms with Crippen molar-refractivity contribution in [2.45, 2.75) is 26.6 Å². The number of amidine groups is 1. The van der Waals surface area contributed by atoms with Gasteiger partial charge < -0.3 is 15.1 Å². The minimum Gasteiger partial charge on any atom is -0.496 e. The van der Waals surface area contributed by atoms with Crippen molar-refractivity contribution in [3.05, 3.63) is 71.4 Å². The lowest BCUT2D eigenvalue weighted by Crippen LogP contribution is -2.15. The largest absolute Gasteiger partial charge is 0.496 e. The van der Waals surface area contributed by atoms with E-state index >= 15 is 0 Å². The highest BCUT2D eigenvalue weighted by molar-refractivity contribution is 6.25. The molecule has 0 aliphatic heterocycles. The monoisotopic (exact) mass is 335 g/mol. The van der Waals surface area contributed by atoms with Crippen molar-refractivity contribution >= 4 is 19.0 Å². The minimum absolute atomic E-state index is 0.651. The molecule has 2 rings (SSSR count). The Hall–Kier alpha value is -2.53. The molecule has 0 aromatic heterocycles. The van der Waals surface area contributed by atoms with E-state index in [2.05, 4.69) is 29.9 Å². The topological polar surface area (TPSA) is 53.9 Å². The number of anilines is 1. The second-order valence-corrected chi connectivity index (χ2v) is 5.84. The van der Waals surface area contributed by atoms with Crippen LogP contribution < -0.4 is 10.1 Å². The summed E-state index contributed by atoms with van der Waals surface area (Å²) in [6, 6.07) is 12.2. The van der Waals surface area contributed by atoms with Crippen molar-refractivity contribution in [2.75, 3.05) is 12.4 Å². The summed E-state index contributed by atoms with van der Waals surface area (Å²) < 4.78 is 5.44. The Bertz CT molecular complexity index is 755. The maximum atomic E-state index is 8.80. The first-order chi connectivity index (χ1) is 12.1. The lowest BCUT2D eigenvalue weighted by molar-refractivity contribution is 0.411. The molecule has 0 saturated carbocycles. The van der Waals surface area contributed by atoms with Gasteiger partial charge in [-0.15, -0.1) is 0 Å². The van der Waals surface area contributed by atoms with E-state index in [1.54, 1.807) is 7.11 Å². The summed E-state index contributed by atoms with van der Waals surface area (Å²) in [6.07, 6.45) is 3.00. The average molecular weight is 335 g/mol. The van der Waals surface area contributed by atoms with Crippen molar-refractivity contribution in [2.24, 2.45) is 4.99 Å². The zero-order valence-electron chi connectivity index (χ0n) is 15.0. The fourth-order valence-corrected chi connectivity index (χ4v) is 2.69. The molecule has 1 radical (unpaired) electrons. The molecular formula is C20H24BN2O2. The van der Waals surface area contributed by atoms with Gasteiger partial charge in [-0.25, -0.2) is 4.99 Å². The quantitative estimate of drug-likeness (QED) is 0.459. The average Bonchev–Trinajstić information content (AvgIpc) is 2.61. The molecule has 0 amide bonds. The Morgan fingerprint density at radius 2 is 1.96 bits per heavy atom. The van der Waals surface area contributed by atoms with Crippen LogP contribution in [0.5, 0.6) is 5.75 Å². The van der Waals surface area contributed by atoms with Gasteiger partial charge in [0.25, 0.3) is 7.48 Å². The first-order valence-electron chi connectivity index (χ1n) is 8.25. The molecule has 0 bridgehead atoms. The number of aliphatic imine (C=N–C) groups is 1. The Labute approximate surface area is 150 Å². The second kappa shape index (κ2) is 9.09. The van der Waals surface area contributed by atoms with Gasteiger partial charge in [-0.3, -0.25) is 0 Å². The van der Waals surface area contributed by atoms with Gasteiger partial charge in [0.15, 0.2) is 0 Å². The van der Waals surface area contributed by atoms with Gasteiger partial charge in [0.1, 0.15) is 11.6 Å². The standard InChI is InChI=1S/C20H24BN2O2/c1-5-22-20(18-13-19(25-4)15(3)12-14(18)2)23-17-8-6-16(7-9-17)10-11-21-24/h5-9,12-13,24H,1,10-11H2,2-4H3,(H,22,23). The van der Waals surface area contributed by atoms with E-state index in [-0.39, 0.29) is 0 Å². The molecular weight excluding hydrogens is 311 g/mol. The van der Waals surface area contributed by atoms with Crippen LogP contribution in [0.2, 0.25) is 6.32 Å². The van der Waals surface area contributed by atoms with E-state index in [1.165, 1.54) is 19.2 Å². The first kappa shape index (κ1) is 18.8. The highest BCUT2D eigenvalue weighted by atomic mass is 16.5. The zero-order valence-corrected chi connectivity index (χ0v) is 15.0. The maximum absolute atomic E-state index is 8.80. The molecule has 0 fully saturated rings. The molecule has 4 nitrogen and oxygen atoms in total. The van der Waals surface area contributed by atoms with Gasteiger partial charge in [0, 0.05) is 17.5 Å². The second-order valence-electron chi connectivity index (χ2n) is 5.84. The molecule has 0 atom stereocenters. The summed E-state index contributed by atoms with van der Waals surface area (Å²) >= 11 is 0. The number of nitrogens with zero attached hydrogens (tertiary/aromatic N) is 1. The van der Waals surface area contributed by atoms with Crippen molar-refractivity contribution in [1.82, 2.24) is 0 Å². The Balaban J connectivity index is 2.28. The molecule has 129 valence electrons. The van der Waals surface area contributed by atoms with Gasteiger partial charge in [-0.1, -0.05) is 24.8 Å². The van der Waals surface area contributed by atoms with Crippen LogP contribution >= 0.6 is 0 Å². The SMILES string of the molecule is C=CN=C(Nc1ccc(CC[B]O)cc1)c1cc(OC)c(C)cc1C. The lowest BCUT2D eigenvalue weighted by atomic mass is 9.91. The van der Waals surface area contributed by atoms with Gasteiger partial charge in [-0.05, 0) is 61.5 Å². The molecule has 0 unspecified atom stereocenters. The van der Waals surface area contributed by atoms with Crippen molar-refractivity contribution < 1.29 is 9.76 Å². The lowest BCUT2D eigenvalue weighted by Gasteiger charge is -2.15. The van der Waals surface area contributed by atoms with Gasteiger partial charge in [0.2, 0.25) is 0 Å². The molecule has 2 aromatic carbocycles. The van der Waals surface area contributed by atoms with Gasteiger partial charge in [-0.2, -0.15) is 0 Å². The highest BCUT2D eigenvalue weighted by Gasteiger charge is 2.11. The summed E-state index contributed by atoms with van der Waals surface area (Å²) in [4.78, 5) is 4.40. The van der Waals surface area contributed by atoms with E-state index in [0.717, 1.165) is 40.4 Å². The third kappa shape index (κ3) is 4.97. The van der Waals surface area contributed by atoms with Crippen molar-refractivity contribution in [3.63, 3.8) is 0 Å². The molecule has 0 heterocycles. The van der Waals surface area contributed by atoms with Crippen LogP contribution in [0.1, 0.15) is 22.3 Å². The van der Waals surface area contributed by atoms with E-state index in [0.29, 0.717) is 6.32 Å². The number of benzene rings is 2. The number of hydrogen-bond acceptors (Lipinski definition) is 3. The fraction of sp³-hybridized carbons (Fsp3) is 0.250. The summed E-state index contributed by atoms with van der Waals surface area (Å²) in [6.45, 7) is 7.80. The summed E-state index contributed by atoms with van der Waals surface area (Å²) in [5, 5.41) is 12.2. The molecule has 2 aromatic rings. The van der Waals surface area contributed by atoms with E-state index in [9.17, 15) is 0 Å². The maximum Gasteiger partial charge on any atom is 0.287 e. The molecule has 2 N–H and O–H groups in total. The fourth-order valence-electron chi connectivity index (χ4n) is 2.69. The Kier molecular flexibility index (Phi) is 6.84. The van der Waals surface area contributed by atoms with E-state index in [1.807, 2.05) is 37.3 Å². The number of aryl methyl sites for hydroxylation is 3. The third-order valence-corrected chi connectivity index (χ3v) is 4.00. The molecule has 5 heteroatoms. The summed E-state index contributed by atoms with van der Waals surface area (Å²) in [5.41, 5.74) is 5.29. The number of rotatable bonds is 7. The smallest absolute Gasteiger partial charge is 0.287 e. The van der Waals surface area contributed by atoms with E-state index < -0.39 is 0 Å². The van der Waals surface area contributed by atoms with E-state index in [4.69, 9.17) is 9.76 Å².